The number of piperidine rings is 1. The van der Waals surface area contributed by atoms with Gasteiger partial charge in [0.1, 0.15) is 5.75 Å². The predicted molar refractivity (Wildman–Crippen MR) is 121 cm³/mol. The predicted octanol–water partition coefficient (Wildman–Crippen LogP) is 3.16. The van der Waals surface area contributed by atoms with Gasteiger partial charge in [0.15, 0.2) is 5.96 Å². The van der Waals surface area contributed by atoms with Crippen LogP contribution in [0, 0.1) is 0 Å². The quantitative estimate of drug-likeness (QED) is 0.352. The molecule has 1 atom stereocenters. The van der Waals surface area contributed by atoms with Crippen molar-refractivity contribution in [2.45, 2.75) is 52.1 Å². The van der Waals surface area contributed by atoms with E-state index in [-0.39, 0.29) is 29.9 Å². The number of nitrogens with zero attached hydrogens (tertiary/aromatic N) is 2. The Kier molecular flexibility index (Phi) is 11.2. The van der Waals surface area contributed by atoms with Gasteiger partial charge in [-0.1, -0.05) is 18.2 Å². The van der Waals surface area contributed by atoms with Gasteiger partial charge in [0, 0.05) is 37.7 Å². The second kappa shape index (κ2) is 12.8. The third-order valence-corrected chi connectivity index (χ3v) is 4.70. The Hall–Kier alpha value is -1.51. The minimum atomic E-state index is 0. The van der Waals surface area contributed by atoms with Crippen LogP contribution in [0.15, 0.2) is 29.3 Å². The number of methoxy groups -OCH3 is 1. The number of rotatable bonds is 7. The van der Waals surface area contributed by atoms with Crippen LogP contribution in [0.3, 0.4) is 0 Å². The van der Waals surface area contributed by atoms with Gasteiger partial charge in [0.05, 0.1) is 13.7 Å². The molecule has 152 valence electrons. The van der Waals surface area contributed by atoms with Gasteiger partial charge >= 0.3 is 0 Å². The molecule has 1 aliphatic heterocycles. The molecule has 1 aromatic carbocycles. The van der Waals surface area contributed by atoms with Crippen LogP contribution in [0.4, 0.5) is 0 Å². The summed E-state index contributed by atoms with van der Waals surface area (Å²) in [5, 5.41) is 6.49. The van der Waals surface area contributed by atoms with Crippen molar-refractivity contribution in [2.75, 3.05) is 26.7 Å². The largest absolute Gasteiger partial charge is 0.496 e. The first-order chi connectivity index (χ1) is 12.7. The van der Waals surface area contributed by atoms with E-state index >= 15 is 0 Å². The Morgan fingerprint density at radius 2 is 2.07 bits per heavy atom. The summed E-state index contributed by atoms with van der Waals surface area (Å²) in [6.07, 6.45) is 3.95. The molecule has 0 aromatic heterocycles. The molecule has 0 radical (unpaired) electrons. The molecule has 6 nitrogen and oxygen atoms in total. The normalized spacial score (nSPS) is 17.1. The number of para-hydroxylation sites is 1. The second-order valence-electron chi connectivity index (χ2n) is 6.62. The first-order valence-corrected chi connectivity index (χ1v) is 9.59. The SMILES string of the molecule is CCNC(=NCc1ccccc1OC)NCCC(=O)N1CCCCC1C.I. The van der Waals surface area contributed by atoms with Crippen molar-refractivity contribution in [1.29, 1.82) is 0 Å². The number of nitrogens with one attached hydrogen (secondary N) is 2. The van der Waals surface area contributed by atoms with Crippen LogP contribution in [0.2, 0.25) is 0 Å². The number of aliphatic imine (C=N–C) groups is 1. The van der Waals surface area contributed by atoms with Crippen molar-refractivity contribution >= 4 is 35.8 Å². The lowest BCUT2D eigenvalue weighted by molar-refractivity contribution is -0.134. The number of benzene rings is 1. The highest BCUT2D eigenvalue weighted by molar-refractivity contribution is 14.0. The fraction of sp³-hybridized carbons (Fsp3) is 0.600. The Labute approximate surface area is 180 Å². The highest BCUT2D eigenvalue weighted by Gasteiger charge is 2.22. The molecule has 1 unspecified atom stereocenters. The van der Waals surface area contributed by atoms with Crippen LogP contribution in [0.1, 0.15) is 45.1 Å². The van der Waals surface area contributed by atoms with Crippen molar-refractivity contribution in [3.8, 4) is 5.75 Å². The highest BCUT2D eigenvalue weighted by Crippen LogP contribution is 2.18. The van der Waals surface area contributed by atoms with Crippen LogP contribution in [0.25, 0.3) is 0 Å². The van der Waals surface area contributed by atoms with Gasteiger partial charge in [-0.15, -0.1) is 24.0 Å². The minimum Gasteiger partial charge on any atom is -0.496 e. The topological polar surface area (TPSA) is 66.0 Å². The smallest absolute Gasteiger partial charge is 0.224 e. The van der Waals surface area contributed by atoms with E-state index in [1.165, 1.54) is 6.42 Å². The number of hydrogen-bond donors (Lipinski definition) is 2. The molecule has 0 bridgehead atoms. The fourth-order valence-corrected chi connectivity index (χ4v) is 3.24. The monoisotopic (exact) mass is 488 g/mol. The van der Waals surface area contributed by atoms with Crippen molar-refractivity contribution in [3.63, 3.8) is 0 Å². The van der Waals surface area contributed by atoms with Crippen LogP contribution < -0.4 is 15.4 Å². The molecule has 2 rings (SSSR count). The van der Waals surface area contributed by atoms with Crippen LogP contribution in [-0.2, 0) is 11.3 Å². The van der Waals surface area contributed by atoms with Crippen molar-refractivity contribution < 1.29 is 9.53 Å². The van der Waals surface area contributed by atoms with E-state index in [9.17, 15) is 4.79 Å². The number of hydrogen-bond acceptors (Lipinski definition) is 3. The average molecular weight is 488 g/mol. The Balaban J connectivity index is 0.00000364. The maximum atomic E-state index is 12.4. The van der Waals surface area contributed by atoms with Crippen LogP contribution in [-0.4, -0.2) is 49.6 Å². The van der Waals surface area contributed by atoms with E-state index in [1.54, 1.807) is 7.11 Å². The van der Waals surface area contributed by atoms with Crippen LogP contribution >= 0.6 is 24.0 Å². The summed E-state index contributed by atoms with van der Waals surface area (Å²) in [6.45, 7) is 6.94. The number of guanidine groups is 1. The van der Waals surface area contributed by atoms with Gasteiger partial charge in [-0.05, 0) is 39.2 Å². The summed E-state index contributed by atoms with van der Waals surface area (Å²) >= 11 is 0. The second-order valence-corrected chi connectivity index (χ2v) is 6.62. The van der Waals surface area contributed by atoms with Crippen molar-refractivity contribution in [1.82, 2.24) is 15.5 Å². The minimum absolute atomic E-state index is 0. The molecule has 1 aromatic rings. The Morgan fingerprint density at radius 3 is 2.78 bits per heavy atom. The zero-order valence-corrected chi connectivity index (χ0v) is 19.0. The Morgan fingerprint density at radius 1 is 1.30 bits per heavy atom. The summed E-state index contributed by atoms with van der Waals surface area (Å²) < 4.78 is 5.37. The Bertz CT molecular complexity index is 609. The lowest BCUT2D eigenvalue weighted by Crippen LogP contribution is -2.44. The first kappa shape index (κ1) is 23.5. The van der Waals surface area contributed by atoms with Crippen molar-refractivity contribution in [2.24, 2.45) is 4.99 Å². The molecule has 2 N–H and O–H groups in total. The lowest BCUT2D eigenvalue weighted by Gasteiger charge is -2.33. The number of halogens is 1. The number of carbonyl (C=O) groups is 1. The molecule has 7 heteroatoms. The summed E-state index contributed by atoms with van der Waals surface area (Å²) in [6, 6.07) is 8.23. The average Bonchev–Trinajstić information content (AvgIpc) is 2.66. The van der Waals surface area contributed by atoms with E-state index < -0.39 is 0 Å². The zero-order valence-electron chi connectivity index (χ0n) is 16.7. The van der Waals surface area contributed by atoms with Gasteiger partial charge in [-0.25, -0.2) is 4.99 Å². The van der Waals surface area contributed by atoms with Gasteiger partial charge < -0.3 is 20.3 Å². The molecule has 0 aliphatic carbocycles. The summed E-state index contributed by atoms with van der Waals surface area (Å²) in [4.78, 5) is 19.0. The first-order valence-electron chi connectivity index (χ1n) is 9.59. The molecular formula is C20H33IN4O2. The molecule has 0 saturated carbocycles. The zero-order chi connectivity index (χ0) is 18.8. The van der Waals surface area contributed by atoms with E-state index in [0.717, 1.165) is 43.2 Å². The molecular weight excluding hydrogens is 455 g/mol. The number of ether oxygens (including phenoxy) is 1. The standard InChI is InChI=1S/C20H32N4O2.HI/c1-4-21-20(23-15-17-10-5-6-11-18(17)26-3)22-13-12-19(25)24-14-8-7-9-16(24)2;/h5-6,10-11,16H,4,7-9,12-15H2,1-3H3,(H2,21,22,23);1H. The molecule has 1 saturated heterocycles. The summed E-state index contributed by atoms with van der Waals surface area (Å²) in [7, 11) is 1.67. The number of likely N-dealkylation sites (tertiary alicyclic amines) is 1. The maximum Gasteiger partial charge on any atom is 0.224 e. The third-order valence-electron chi connectivity index (χ3n) is 4.70. The van der Waals surface area contributed by atoms with Gasteiger partial charge in [0.25, 0.3) is 0 Å². The van der Waals surface area contributed by atoms with Gasteiger partial charge in [0.2, 0.25) is 5.91 Å². The molecule has 1 fully saturated rings. The summed E-state index contributed by atoms with van der Waals surface area (Å²) in [5.74, 6) is 1.78. The number of amides is 1. The van der Waals surface area contributed by atoms with E-state index in [0.29, 0.717) is 25.6 Å². The van der Waals surface area contributed by atoms with E-state index in [2.05, 4.69) is 22.5 Å². The summed E-state index contributed by atoms with van der Waals surface area (Å²) in [5.41, 5.74) is 1.03. The lowest BCUT2D eigenvalue weighted by atomic mass is 10.0. The molecule has 1 heterocycles. The highest BCUT2D eigenvalue weighted by atomic mass is 127. The van der Waals surface area contributed by atoms with Gasteiger partial charge in [-0.2, -0.15) is 0 Å². The van der Waals surface area contributed by atoms with E-state index in [1.807, 2.05) is 36.1 Å². The third kappa shape index (κ3) is 7.56. The molecule has 1 amide bonds. The van der Waals surface area contributed by atoms with Gasteiger partial charge in [-0.3, -0.25) is 4.79 Å². The maximum absolute atomic E-state index is 12.4. The fourth-order valence-electron chi connectivity index (χ4n) is 3.24. The van der Waals surface area contributed by atoms with E-state index in [4.69, 9.17) is 4.74 Å². The molecule has 27 heavy (non-hydrogen) atoms. The van der Waals surface area contributed by atoms with Crippen LogP contribution in [0.5, 0.6) is 5.75 Å². The number of carbonyl (C=O) groups excluding carboxylic acids is 1. The molecule has 0 spiro atoms. The molecule has 1 aliphatic rings. The van der Waals surface area contributed by atoms with Crippen molar-refractivity contribution in [3.05, 3.63) is 29.8 Å².